The number of carbonyl (C=O) groups is 1. The average molecular weight is 350 g/mol. The first-order chi connectivity index (χ1) is 11.5. The van der Waals surface area contributed by atoms with Gasteiger partial charge in [0.1, 0.15) is 0 Å². The Morgan fingerprint density at radius 1 is 1.29 bits per heavy atom. The molecule has 1 amide bonds. The van der Waals surface area contributed by atoms with Crippen LogP contribution in [0.25, 0.3) is 5.69 Å². The minimum atomic E-state index is -0.883. The lowest BCUT2D eigenvalue weighted by atomic mass is 9.98. The lowest BCUT2D eigenvalue weighted by Crippen LogP contribution is -2.52. The number of amides is 1. The van der Waals surface area contributed by atoms with Gasteiger partial charge in [-0.2, -0.15) is 5.10 Å². The molecule has 2 aromatic rings. The fourth-order valence-electron chi connectivity index (χ4n) is 3.18. The molecule has 3 rings (SSSR count). The lowest BCUT2D eigenvalue weighted by Gasteiger charge is -2.35. The number of aliphatic hydroxyl groups excluding tert-OH is 2. The summed E-state index contributed by atoms with van der Waals surface area (Å²) in [5, 5.41) is 24.4. The van der Waals surface area contributed by atoms with Crippen molar-refractivity contribution >= 4 is 17.5 Å². The van der Waals surface area contributed by atoms with Crippen molar-refractivity contribution in [1.82, 2.24) is 14.7 Å². The number of benzene rings is 1. The van der Waals surface area contributed by atoms with E-state index in [4.69, 9.17) is 11.6 Å². The summed E-state index contributed by atoms with van der Waals surface area (Å²) in [6, 6.07) is 7.17. The van der Waals surface area contributed by atoms with Gasteiger partial charge in [0.15, 0.2) is 0 Å². The molecule has 2 heterocycles. The van der Waals surface area contributed by atoms with E-state index in [1.54, 1.807) is 34.8 Å². The van der Waals surface area contributed by atoms with E-state index in [9.17, 15) is 15.0 Å². The second kappa shape index (κ2) is 6.55. The number of aliphatic hydroxyl groups is 2. The van der Waals surface area contributed by atoms with Gasteiger partial charge in [0.05, 0.1) is 35.7 Å². The van der Waals surface area contributed by atoms with Gasteiger partial charge in [-0.15, -0.1) is 0 Å². The molecule has 0 radical (unpaired) electrons. The van der Waals surface area contributed by atoms with Crippen molar-refractivity contribution in [3.8, 4) is 5.69 Å². The SMILES string of the molecule is Cc1nn(-c2ccc(Cl)cc2)cc1C(=O)N1CCCC1(CO)CO. The Morgan fingerprint density at radius 3 is 2.58 bits per heavy atom. The minimum Gasteiger partial charge on any atom is -0.394 e. The molecule has 24 heavy (non-hydrogen) atoms. The Morgan fingerprint density at radius 2 is 1.96 bits per heavy atom. The number of likely N-dealkylation sites (tertiary alicyclic amines) is 1. The van der Waals surface area contributed by atoms with Crippen LogP contribution in [0.1, 0.15) is 28.9 Å². The number of nitrogens with zero attached hydrogens (tertiary/aromatic N) is 3. The van der Waals surface area contributed by atoms with E-state index in [0.717, 1.165) is 12.1 Å². The van der Waals surface area contributed by atoms with Gasteiger partial charge < -0.3 is 15.1 Å². The van der Waals surface area contributed by atoms with Crippen molar-refractivity contribution in [2.24, 2.45) is 0 Å². The number of halogens is 1. The summed E-state index contributed by atoms with van der Waals surface area (Å²) in [7, 11) is 0. The molecule has 1 aromatic carbocycles. The van der Waals surface area contributed by atoms with E-state index in [-0.39, 0.29) is 19.1 Å². The van der Waals surface area contributed by atoms with Gasteiger partial charge >= 0.3 is 0 Å². The largest absolute Gasteiger partial charge is 0.394 e. The minimum absolute atomic E-state index is 0.215. The molecule has 1 fully saturated rings. The maximum absolute atomic E-state index is 12.9. The monoisotopic (exact) mass is 349 g/mol. The molecule has 1 aliphatic rings. The van der Waals surface area contributed by atoms with E-state index in [2.05, 4.69) is 5.10 Å². The molecule has 6 nitrogen and oxygen atoms in total. The van der Waals surface area contributed by atoms with Crippen LogP contribution in [0.5, 0.6) is 0 Å². The van der Waals surface area contributed by atoms with Crippen molar-refractivity contribution < 1.29 is 15.0 Å². The van der Waals surface area contributed by atoms with Crippen LogP contribution >= 0.6 is 11.6 Å². The van der Waals surface area contributed by atoms with Crippen LogP contribution < -0.4 is 0 Å². The van der Waals surface area contributed by atoms with E-state index < -0.39 is 5.54 Å². The summed E-state index contributed by atoms with van der Waals surface area (Å²) in [6.07, 6.45) is 3.03. The van der Waals surface area contributed by atoms with Crippen molar-refractivity contribution in [3.63, 3.8) is 0 Å². The summed E-state index contributed by atoms with van der Waals surface area (Å²) in [6.45, 7) is 1.79. The highest BCUT2D eigenvalue weighted by atomic mass is 35.5. The molecule has 128 valence electrons. The Bertz CT molecular complexity index is 738. The topological polar surface area (TPSA) is 78.6 Å². The van der Waals surface area contributed by atoms with E-state index >= 15 is 0 Å². The third-order valence-electron chi connectivity index (χ3n) is 4.65. The zero-order valence-corrected chi connectivity index (χ0v) is 14.2. The quantitative estimate of drug-likeness (QED) is 0.882. The highest BCUT2D eigenvalue weighted by Crippen LogP contribution is 2.31. The zero-order chi connectivity index (χ0) is 17.3. The first kappa shape index (κ1) is 17.0. The second-order valence-corrected chi connectivity index (χ2v) is 6.59. The van der Waals surface area contributed by atoms with Crippen LogP contribution in [-0.2, 0) is 0 Å². The van der Waals surface area contributed by atoms with Gasteiger partial charge in [0.2, 0.25) is 0 Å². The molecule has 0 bridgehead atoms. The molecule has 0 saturated carbocycles. The maximum atomic E-state index is 12.9. The predicted octanol–water partition coefficient (Wildman–Crippen LogP) is 1.79. The van der Waals surface area contributed by atoms with Gasteiger partial charge in [-0.1, -0.05) is 11.6 Å². The third-order valence-corrected chi connectivity index (χ3v) is 4.90. The molecule has 0 aliphatic carbocycles. The number of carbonyl (C=O) groups excluding carboxylic acids is 1. The fraction of sp³-hybridized carbons (Fsp3) is 0.412. The first-order valence-corrected chi connectivity index (χ1v) is 8.24. The maximum Gasteiger partial charge on any atom is 0.257 e. The molecule has 1 aromatic heterocycles. The van der Waals surface area contributed by atoms with Gasteiger partial charge in [-0.05, 0) is 44.0 Å². The number of aromatic nitrogens is 2. The smallest absolute Gasteiger partial charge is 0.257 e. The van der Waals surface area contributed by atoms with Gasteiger partial charge in [-0.3, -0.25) is 4.79 Å². The Kier molecular flexibility index (Phi) is 4.62. The zero-order valence-electron chi connectivity index (χ0n) is 13.4. The van der Waals surface area contributed by atoms with E-state index in [1.165, 1.54) is 0 Å². The Balaban J connectivity index is 1.92. The highest BCUT2D eigenvalue weighted by Gasteiger charge is 2.43. The molecule has 0 atom stereocenters. The van der Waals surface area contributed by atoms with E-state index in [1.807, 2.05) is 12.1 Å². The summed E-state index contributed by atoms with van der Waals surface area (Å²) in [4.78, 5) is 14.5. The van der Waals surface area contributed by atoms with Crippen LogP contribution in [0, 0.1) is 6.92 Å². The number of aryl methyl sites for hydroxylation is 1. The van der Waals surface area contributed by atoms with Crippen molar-refractivity contribution in [3.05, 3.63) is 46.7 Å². The Hall–Kier alpha value is -1.89. The van der Waals surface area contributed by atoms with Crippen molar-refractivity contribution in [2.45, 2.75) is 25.3 Å². The molecule has 0 spiro atoms. The molecule has 7 heteroatoms. The van der Waals surface area contributed by atoms with Crippen molar-refractivity contribution in [1.29, 1.82) is 0 Å². The van der Waals surface area contributed by atoms with Crippen molar-refractivity contribution in [2.75, 3.05) is 19.8 Å². The van der Waals surface area contributed by atoms with Crippen LogP contribution in [0.15, 0.2) is 30.5 Å². The number of hydrogen-bond acceptors (Lipinski definition) is 4. The molecule has 0 unspecified atom stereocenters. The summed E-state index contributed by atoms with van der Waals surface area (Å²) in [5.41, 5.74) is 0.995. The molecule has 1 saturated heterocycles. The molecular formula is C17H20ClN3O3. The summed E-state index contributed by atoms with van der Waals surface area (Å²) < 4.78 is 1.63. The van der Waals surface area contributed by atoms with Crippen LogP contribution in [0.4, 0.5) is 0 Å². The van der Waals surface area contributed by atoms with Gasteiger partial charge in [0, 0.05) is 17.8 Å². The molecule has 2 N–H and O–H groups in total. The normalized spacial score (nSPS) is 16.6. The van der Waals surface area contributed by atoms with Gasteiger partial charge in [0.25, 0.3) is 5.91 Å². The average Bonchev–Trinajstić information content (AvgIpc) is 3.19. The summed E-state index contributed by atoms with van der Waals surface area (Å²) in [5.74, 6) is -0.215. The van der Waals surface area contributed by atoms with Crippen LogP contribution in [0.3, 0.4) is 0 Å². The Labute approximate surface area is 145 Å². The molecular weight excluding hydrogens is 330 g/mol. The third kappa shape index (κ3) is 2.81. The summed E-state index contributed by atoms with van der Waals surface area (Å²) >= 11 is 5.90. The predicted molar refractivity (Wildman–Crippen MR) is 90.5 cm³/mol. The first-order valence-electron chi connectivity index (χ1n) is 7.87. The van der Waals surface area contributed by atoms with E-state index in [0.29, 0.717) is 29.2 Å². The van der Waals surface area contributed by atoms with Gasteiger partial charge in [-0.25, -0.2) is 4.68 Å². The lowest BCUT2D eigenvalue weighted by molar-refractivity contribution is 0.0147. The number of rotatable bonds is 4. The molecule has 1 aliphatic heterocycles. The van der Waals surface area contributed by atoms with Crippen LogP contribution in [-0.4, -0.2) is 56.1 Å². The highest BCUT2D eigenvalue weighted by molar-refractivity contribution is 6.30. The number of hydrogen-bond donors (Lipinski definition) is 2. The second-order valence-electron chi connectivity index (χ2n) is 6.15. The standard InChI is InChI=1S/C17H20ClN3O3/c1-12-15(9-21(19-12)14-5-3-13(18)4-6-14)16(24)20-8-2-7-17(20,10-22)11-23/h3-6,9,22-23H,2,7-8,10-11H2,1H3. The van der Waals surface area contributed by atoms with Crippen LogP contribution in [0.2, 0.25) is 5.02 Å². The fourth-order valence-corrected chi connectivity index (χ4v) is 3.30.